The topological polar surface area (TPSA) is 9.23 Å². The standard InChI is InChI=1S/C16H34OS2/c1-13(2)18-12-10-15(5,6)17-11-9-16(7,8)19-14(3)4/h13-14H,9-12H2,1-8H3. The van der Waals surface area contributed by atoms with E-state index in [2.05, 4.69) is 55.4 Å². The van der Waals surface area contributed by atoms with Gasteiger partial charge in [0.2, 0.25) is 0 Å². The molecular weight excluding hydrogens is 272 g/mol. The molecule has 0 amide bonds. The van der Waals surface area contributed by atoms with E-state index in [0.717, 1.165) is 24.7 Å². The van der Waals surface area contributed by atoms with E-state index >= 15 is 0 Å². The molecule has 1 nitrogen and oxygen atoms in total. The molecule has 0 saturated carbocycles. The molecule has 0 atom stereocenters. The van der Waals surface area contributed by atoms with Gasteiger partial charge in [0.25, 0.3) is 0 Å². The van der Waals surface area contributed by atoms with Crippen molar-refractivity contribution in [2.75, 3.05) is 12.4 Å². The SMILES string of the molecule is CC(C)SCCC(C)(C)OCCC(C)(C)SC(C)C. The molecule has 0 bridgehead atoms. The lowest BCUT2D eigenvalue weighted by Crippen LogP contribution is -2.29. The highest BCUT2D eigenvalue weighted by atomic mass is 32.2. The van der Waals surface area contributed by atoms with Crippen molar-refractivity contribution in [3.05, 3.63) is 0 Å². The van der Waals surface area contributed by atoms with Gasteiger partial charge in [-0.05, 0) is 42.9 Å². The fourth-order valence-corrected chi connectivity index (χ4v) is 4.44. The molecule has 0 saturated heterocycles. The summed E-state index contributed by atoms with van der Waals surface area (Å²) < 4.78 is 6.42. The summed E-state index contributed by atoms with van der Waals surface area (Å²) in [4.78, 5) is 0. The van der Waals surface area contributed by atoms with Gasteiger partial charge in [-0.1, -0.05) is 41.5 Å². The summed E-state index contributed by atoms with van der Waals surface area (Å²) in [6, 6.07) is 0. The maximum atomic E-state index is 6.10. The van der Waals surface area contributed by atoms with E-state index in [9.17, 15) is 0 Å². The van der Waals surface area contributed by atoms with Gasteiger partial charge in [0.15, 0.2) is 0 Å². The monoisotopic (exact) mass is 306 g/mol. The van der Waals surface area contributed by atoms with Gasteiger partial charge in [-0.15, -0.1) is 0 Å². The van der Waals surface area contributed by atoms with Crippen molar-refractivity contribution in [3.8, 4) is 0 Å². The van der Waals surface area contributed by atoms with Crippen LogP contribution in [0.3, 0.4) is 0 Å². The molecule has 0 rings (SSSR count). The summed E-state index contributed by atoms with van der Waals surface area (Å²) in [5.41, 5.74) is 0.0144. The summed E-state index contributed by atoms with van der Waals surface area (Å²) in [6.07, 6.45) is 2.25. The predicted molar refractivity (Wildman–Crippen MR) is 93.7 cm³/mol. The maximum Gasteiger partial charge on any atom is 0.0634 e. The Morgan fingerprint density at radius 1 is 0.895 bits per heavy atom. The largest absolute Gasteiger partial charge is 0.375 e. The van der Waals surface area contributed by atoms with E-state index in [1.54, 1.807) is 0 Å². The molecule has 3 heteroatoms. The van der Waals surface area contributed by atoms with Crippen molar-refractivity contribution in [1.29, 1.82) is 0 Å². The third-order valence-corrected chi connectivity index (χ3v) is 5.33. The van der Waals surface area contributed by atoms with Crippen LogP contribution in [-0.4, -0.2) is 33.2 Å². The van der Waals surface area contributed by atoms with E-state index in [1.165, 1.54) is 5.75 Å². The quantitative estimate of drug-likeness (QED) is 0.518. The summed E-state index contributed by atoms with van der Waals surface area (Å²) in [5.74, 6) is 1.19. The maximum absolute atomic E-state index is 6.10. The third kappa shape index (κ3) is 12.1. The normalized spacial score (nSPS) is 13.6. The van der Waals surface area contributed by atoms with Crippen LogP contribution in [0.2, 0.25) is 0 Å². The first-order chi connectivity index (χ1) is 8.54. The Bertz CT molecular complexity index is 235. The van der Waals surface area contributed by atoms with E-state index < -0.39 is 0 Å². The second-order valence-electron chi connectivity index (χ2n) is 6.95. The smallest absolute Gasteiger partial charge is 0.0634 e. The summed E-state index contributed by atoms with van der Waals surface area (Å²) in [5, 5.41) is 1.41. The van der Waals surface area contributed by atoms with E-state index in [-0.39, 0.29) is 5.60 Å². The first-order valence-electron chi connectivity index (χ1n) is 7.47. The third-order valence-electron chi connectivity index (χ3n) is 2.91. The molecule has 0 aliphatic heterocycles. The van der Waals surface area contributed by atoms with E-state index in [1.807, 2.05) is 23.5 Å². The molecule has 0 aromatic rings. The Kier molecular flexibility index (Phi) is 9.15. The lowest BCUT2D eigenvalue weighted by Gasteiger charge is -2.30. The summed E-state index contributed by atoms with van der Waals surface area (Å²) in [6.45, 7) is 19.0. The molecule has 19 heavy (non-hydrogen) atoms. The Morgan fingerprint density at radius 3 is 1.95 bits per heavy atom. The zero-order chi connectivity index (χ0) is 15.1. The van der Waals surface area contributed by atoms with Gasteiger partial charge in [0.05, 0.1) is 5.60 Å². The molecule has 0 aliphatic rings. The van der Waals surface area contributed by atoms with Gasteiger partial charge < -0.3 is 4.74 Å². The highest BCUT2D eigenvalue weighted by molar-refractivity contribution is 8.01. The highest BCUT2D eigenvalue weighted by Crippen LogP contribution is 2.32. The fraction of sp³-hybridized carbons (Fsp3) is 1.00. The molecular formula is C16H34OS2. The van der Waals surface area contributed by atoms with Crippen molar-refractivity contribution in [2.45, 2.75) is 89.1 Å². The van der Waals surface area contributed by atoms with Crippen molar-refractivity contribution in [3.63, 3.8) is 0 Å². The Labute approximate surface area is 130 Å². The van der Waals surface area contributed by atoms with Gasteiger partial charge in [0, 0.05) is 11.4 Å². The Balaban J connectivity index is 3.90. The molecule has 0 aromatic heterocycles. The van der Waals surface area contributed by atoms with Crippen LogP contribution >= 0.6 is 23.5 Å². The Hall–Kier alpha value is 0.660. The molecule has 116 valence electrons. The number of ether oxygens (including phenoxy) is 1. The van der Waals surface area contributed by atoms with Gasteiger partial charge >= 0.3 is 0 Å². The van der Waals surface area contributed by atoms with Gasteiger partial charge in [-0.3, -0.25) is 0 Å². The second-order valence-corrected chi connectivity index (χ2v) is 10.9. The van der Waals surface area contributed by atoms with Crippen LogP contribution in [0.5, 0.6) is 0 Å². The number of hydrogen-bond donors (Lipinski definition) is 0. The van der Waals surface area contributed by atoms with Crippen LogP contribution in [-0.2, 0) is 4.74 Å². The second kappa shape index (κ2) is 8.84. The minimum atomic E-state index is 0.0144. The summed E-state index contributed by atoms with van der Waals surface area (Å²) in [7, 11) is 0. The number of rotatable bonds is 10. The van der Waals surface area contributed by atoms with Gasteiger partial charge in [-0.25, -0.2) is 0 Å². The first-order valence-corrected chi connectivity index (χ1v) is 9.40. The number of hydrogen-bond acceptors (Lipinski definition) is 3. The molecule has 0 fully saturated rings. The first kappa shape index (κ1) is 19.7. The summed E-state index contributed by atoms with van der Waals surface area (Å²) >= 11 is 4.07. The molecule has 0 radical (unpaired) electrons. The Morgan fingerprint density at radius 2 is 1.47 bits per heavy atom. The zero-order valence-electron chi connectivity index (χ0n) is 14.2. The van der Waals surface area contributed by atoms with Crippen LogP contribution in [0.4, 0.5) is 0 Å². The minimum Gasteiger partial charge on any atom is -0.375 e. The van der Waals surface area contributed by atoms with Crippen LogP contribution in [0.25, 0.3) is 0 Å². The van der Waals surface area contributed by atoms with Crippen molar-refractivity contribution in [2.24, 2.45) is 0 Å². The molecule has 0 aliphatic carbocycles. The van der Waals surface area contributed by atoms with E-state index in [0.29, 0.717) is 10.00 Å². The van der Waals surface area contributed by atoms with Gasteiger partial charge in [0.1, 0.15) is 0 Å². The minimum absolute atomic E-state index is 0.0144. The number of thioether (sulfide) groups is 2. The molecule has 0 N–H and O–H groups in total. The predicted octanol–water partition coefficient (Wildman–Crippen LogP) is 5.62. The van der Waals surface area contributed by atoms with Crippen molar-refractivity contribution >= 4 is 23.5 Å². The van der Waals surface area contributed by atoms with Crippen LogP contribution in [0.1, 0.15) is 68.2 Å². The van der Waals surface area contributed by atoms with Gasteiger partial charge in [-0.2, -0.15) is 23.5 Å². The average Bonchev–Trinajstić information content (AvgIpc) is 2.12. The van der Waals surface area contributed by atoms with Crippen molar-refractivity contribution in [1.82, 2.24) is 0 Å². The highest BCUT2D eigenvalue weighted by Gasteiger charge is 2.23. The lowest BCUT2D eigenvalue weighted by molar-refractivity contribution is -0.0222. The average molecular weight is 307 g/mol. The lowest BCUT2D eigenvalue weighted by atomic mass is 10.1. The molecule has 0 aromatic carbocycles. The van der Waals surface area contributed by atoms with Crippen LogP contribution < -0.4 is 0 Å². The molecule has 0 heterocycles. The molecule has 0 unspecified atom stereocenters. The fourth-order valence-electron chi connectivity index (χ4n) is 1.88. The zero-order valence-corrected chi connectivity index (χ0v) is 15.8. The van der Waals surface area contributed by atoms with E-state index in [4.69, 9.17) is 4.74 Å². The molecule has 0 spiro atoms. The van der Waals surface area contributed by atoms with Crippen LogP contribution in [0, 0.1) is 0 Å². The van der Waals surface area contributed by atoms with Crippen molar-refractivity contribution < 1.29 is 4.74 Å². The van der Waals surface area contributed by atoms with Crippen LogP contribution in [0.15, 0.2) is 0 Å².